The highest BCUT2D eigenvalue weighted by molar-refractivity contribution is 7.12. The van der Waals surface area contributed by atoms with Crippen LogP contribution < -0.4 is 0 Å². The van der Waals surface area contributed by atoms with Crippen LogP contribution in [0.25, 0.3) is 11.1 Å². The number of carbonyl (C=O) groups excluding carboxylic acids is 2. The Labute approximate surface area is 158 Å². The number of piperazine rings is 1. The topological polar surface area (TPSA) is 40.6 Å². The van der Waals surface area contributed by atoms with Crippen LogP contribution in [0, 0.1) is 5.92 Å². The Kier molecular flexibility index (Phi) is 5.07. The summed E-state index contributed by atoms with van der Waals surface area (Å²) in [5.41, 5.74) is 2.08. The van der Waals surface area contributed by atoms with Gasteiger partial charge in [-0.25, -0.2) is 0 Å². The van der Waals surface area contributed by atoms with E-state index in [9.17, 15) is 9.59 Å². The molecule has 1 aromatic carbocycles. The molecule has 0 atom stereocenters. The average Bonchev–Trinajstić information content (AvgIpc) is 3.39. The van der Waals surface area contributed by atoms with E-state index in [1.165, 1.54) is 24.2 Å². The van der Waals surface area contributed by atoms with Gasteiger partial charge in [0.1, 0.15) is 0 Å². The maximum absolute atomic E-state index is 13.0. The molecule has 2 amide bonds. The number of carbonyl (C=O) groups is 2. The molecule has 0 unspecified atom stereocenters. The molecule has 2 aromatic rings. The van der Waals surface area contributed by atoms with Crippen LogP contribution in [0.1, 0.15) is 35.4 Å². The summed E-state index contributed by atoms with van der Waals surface area (Å²) in [5.74, 6) is 0.613. The van der Waals surface area contributed by atoms with Gasteiger partial charge in [-0.05, 0) is 29.9 Å². The average molecular weight is 369 g/mol. The van der Waals surface area contributed by atoms with Crippen molar-refractivity contribution >= 4 is 23.2 Å². The summed E-state index contributed by atoms with van der Waals surface area (Å²) in [4.78, 5) is 30.3. The Morgan fingerprint density at radius 2 is 1.54 bits per heavy atom. The van der Waals surface area contributed by atoms with Crippen molar-refractivity contribution in [2.45, 2.75) is 25.7 Å². The van der Waals surface area contributed by atoms with E-state index in [0.29, 0.717) is 32.1 Å². The van der Waals surface area contributed by atoms with Gasteiger partial charge in [0, 0.05) is 37.7 Å². The highest BCUT2D eigenvalue weighted by Crippen LogP contribution is 2.30. The number of rotatable bonds is 3. The number of hydrogen-bond donors (Lipinski definition) is 0. The quantitative estimate of drug-likeness (QED) is 0.825. The third-order valence-electron chi connectivity index (χ3n) is 5.53. The van der Waals surface area contributed by atoms with Gasteiger partial charge in [0.05, 0.1) is 4.88 Å². The van der Waals surface area contributed by atoms with Gasteiger partial charge in [0.25, 0.3) is 5.91 Å². The molecule has 2 aliphatic rings. The van der Waals surface area contributed by atoms with Crippen LogP contribution >= 0.6 is 11.3 Å². The summed E-state index contributed by atoms with van der Waals surface area (Å²) in [6, 6.07) is 12.1. The van der Waals surface area contributed by atoms with Gasteiger partial charge in [0.15, 0.2) is 0 Å². The Hall–Kier alpha value is -2.14. The van der Waals surface area contributed by atoms with Gasteiger partial charge in [0.2, 0.25) is 5.91 Å². The van der Waals surface area contributed by atoms with Crippen LogP contribution in [0.15, 0.2) is 41.8 Å². The molecular formula is C21H24N2O2S. The monoisotopic (exact) mass is 368 g/mol. The summed E-state index contributed by atoms with van der Waals surface area (Å²) in [6.45, 7) is 2.58. The number of hydrogen-bond acceptors (Lipinski definition) is 3. The summed E-state index contributed by atoms with van der Waals surface area (Å²) < 4.78 is 0. The van der Waals surface area contributed by atoms with E-state index in [0.717, 1.165) is 28.8 Å². The van der Waals surface area contributed by atoms with E-state index >= 15 is 0 Å². The minimum atomic E-state index is 0.0896. The van der Waals surface area contributed by atoms with Crippen molar-refractivity contribution in [3.05, 3.63) is 46.7 Å². The minimum Gasteiger partial charge on any atom is -0.339 e. The normalized spacial score (nSPS) is 18.3. The Morgan fingerprint density at radius 3 is 2.23 bits per heavy atom. The molecule has 1 saturated heterocycles. The lowest BCUT2D eigenvalue weighted by Gasteiger charge is -2.36. The van der Waals surface area contributed by atoms with Crippen molar-refractivity contribution in [2.75, 3.05) is 26.2 Å². The number of thiophene rings is 1. The van der Waals surface area contributed by atoms with E-state index in [-0.39, 0.29) is 11.8 Å². The van der Waals surface area contributed by atoms with Crippen LogP contribution in [0.5, 0.6) is 0 Å². The molecule has 2 fully saturated rings. The van der Waals surface area contributed by atoms with Crippen molar-refractivity contribution < 1.29 is 9.59 Å². The van der Waals surface area contributed by atoms with E-state index in [1.54, 1.807) is 0 Å². The summed E-state index contributed by atoms with van der Waals surface area (Å²) >= 11 is 1.50. The number of amides is 2. The first-order valence-corrected chi connectivity index (χ1v) is 10.3. The standard InChI is InChI=1S/C21H24N2O2S/c24-20(17-8-4-5-9-17)22-11-13-23(14-12-22)21(25)19-18(10-15-26-19)16-6-2-1-3-7-16/h1-3,6-7,10,15,17H,4-5,8-9,11-14H2. The van der Waals surface area contributed by atoms with Crippen LogP contribution in [0.3, 0.4) is 0 Å². The highest BCUT2D eigenvalue weighted by Gasteiger charge is 2.31. The first-order valence-electron chi connectivity index (χ1n) is 9.45. The molecule has 1 saturated carbocycles. The third kappa shape index (κ3) is 3.40. The van der Waals surface area contributed by atoms with Gasteiger partial charge in [-0.1, -0.05) is 43.2 Å². The minimum absolute atomic E-state index is 0.0896. The van der Waals surface area contributed by atoms with Crippen molar-refractivity contribution in [1.82, 2.24) is 9.80 Å². The maximum Gasteiger partial charge on any atom is 0.264 e. The van der Waals surface area contributed by atoms with E-state index in [4.69, 9.17) is 0 Å². The van der Waals surface area contributed by atoms with Crippen LogP contribution in [-0.2, 0) is 4.79 Å². The molecular weight excluding hydrogens is 344 g/mol. The molecule has 4 nitrogen and oxygen atoms in total. The Balaban J connectivity index is 1.42. The fourth-order valence-corrected chi connectivity index (χ4v) is 4.91. The van der Waals surface area contributed by atoms with Gasteiger partial charge in [-0.2, -0.15) is 0 Å². The second kappa shape index (κ2) is 7.62. The van der Waals surface area contributed by atoms with Crippen LogP contribution in [0.4, 0.5) is 0 Å². The summed E-state index contributed by atoms with van der Waals surface area (Å²) in [6.07, 6.45) is 4.42. The van der Waals surface area contributed by atoms with Crippen molar-refractivity contribution in [2.24, 2.45) is 5.92 Å². The zero-order valence-electron chi connectivity index (χ0n) is 14.9. The SMILES string of the molecule is O=C(c1sccc1-c1ccccc1)N1CCN(C(=O)C2CCCC2)CC1. The van der Waals surface area contributed by atoms with Gasteiger partial charge in [-0.15, -0.1) is 11.3 Å². The zero-order chi connectivity index (χ0) is 17.9. The van der Waals surface area contributed by atoms with Gasteiger partial charge in [-0.3, -0.25) is 9.59 Å². The molecule has 2 heterocycles. The first kappa shape index (κ1) is 17.3. The lowest BCUT2D eigenvalue weighted by atomic mass is 10.1. The fraction of sp³-hybridized carbons (Fsp3) is 0.429. The van der Waals surface area contributed by atoms with Gasteiger partial charge >= 0.3 is 0 Å². The Bertz CT molecular complexity index is 772. The molecule has 1 aromatic heterocycles. The smallest absolute Gasteiger partial charge is 0.264 e. The Morgan fingerprint density at radius 1 is 0.885 bits per heavy atom. The molecule has 0 N–H and O–H groups in total. The van der Waals surface area contributed by atoms with Crippen LogP contribution in [-0.4, -0.2) is 47.8 Å². The summed E-state index contributed by atoms with van der Waals surface area (Å²) in [5, 5.41) is 1.98. The number of nitrogens with zero attached hydrogens (tertiary/aromatic N) is 2. The largest absolute Gasteiger partial charge is 0.339 e. The molecule has 4 rings (SSSR count). The molecule has 136 valence electrons. The van der Waals surface area contributed by atoms with Crippen LogP contribution in [0.2, 0.25) is 0 Å². The molecule has 0 radical (unpaired) electrons. The second-order valence-electron chi connectivity index (χ2n) is 7.13. The van der Waals surface area contributed by atoms with Crippen molar-refractivity contribution in [3.63, 3.8) is 0 Å². The predicted molar refractivity (Wildman–Crippen MR) is 104 cm³/mol. The van der Waals surface area contributed by atoms with Crippen molar-refractivity contribution in [3.8, 4) is 11.1 Å². The molecule has 1 aliphatic heterocycles. The molecule has 5 heteroatoms. The molecule has 1 aliphatic carbocycles. The fourth-order valence-electron chi connectivity index (χ4n) is 4.02. The third-order valence-corrected chi connectivity index (χ3v) is 6.43. The lowest BCUT2D eigenvalue weighted by Crippen LogP contribution is -2.51. The second-order valence-corrected chi connectivity index (χ2v) is 8.04. The summed E-state index contributed by atoms with van der Waals surface area (Å²) in [7, 11) is 0. The molecule has 0 spiro atoms. The van der Waals surface area contributed by atoms with Crippen molar-refractivity contribution in [1.29, 1.82) is 0 Å². The predicted octanol–water partition coefficient (Wildman–Crippen LogP) is 3.89. The van der Waals surface area contributed by atoms with E-state index in [1.807, 2.05) is 51.6 Å². The lowest BCUT2D eigenvalue weighted by molar-refractivity contribution is -0.136. The molecule has 26 heavy (non-hydrogen) atoms. The van der Waals surface area contributed by atoms with E-state index in [2.05, 4.69) is 0 Å². The highest BCUT2D eigenvalue weighted by atomic mass is 32.1. The molecule has 0 bridgehead atoms. The number of benzene rings is 1. The first-order chi connectivity index (χ1) is 12.7. The zero-order valence-corrected chi connectivity index (χ0v) is 15.7. The maximum atomic E-state index is 13.0. The van der Waals surface area contributed by atoms with E-state index < -0.39 is 0 Å². The van der Waals surface area contributed by atoms with Gasteiger partial charge < -0.3 is 9.80 Å².